The number of rotatable bonds is 4. The Bertz CT molecular complexity index is 972. The summed E-state index contributed by atoms with van der Waals surface area (Å²) >= 11 is 6.07. The molecule has 2 N–H and O–H groups in total. The Hall–Kier alpha value is -2.86. The fraction of sp³-hybridized carbons (Fsp3) is 0.318. The van der Waals surface area contributed by atoms with E-state index < -0.39 is 11.8 Å². The molecule has 29 heavy (non-hydrogen) atoms. The average Bonchev–Trinajstić information content (AvgIpc) is 3.57. The van der Waals surface area contributed by atoms with Crippen molar-refractivity contribution in [2.45, 2.75) is 32.2 Å². The van der Waals surface area contributed by atoms with Crippen LogP contribution in [0.2, 0.25) is 5.02 Å². The van der Waals surface area contributed by atoms with Gasteiger partial charge in [0.05, 0.1) is 0 Å². The van der Waals surface area contributed by atoms with Crippen molar-refractivity contribution in [1.82, 2.24) is 5.32 Å². The molecule has 150 valence electrons. The number of carbonyl (C=O) groups excluding carboxylic acids is 3. The molecule has 7 heteroatoms. The zero-order valence-corrected chi connectivity index (χ0v) is 16.7. The second-order valence-electron chi connectivity index (χ2n) is 7.44. The van der Waals surface area contributed by atoms with Gasteiger partial charge < -0.3 is 15.5 Å². The largest absolute Gasteiger partial charge is 0.344 e. The maximum atomic E-state index is 12.6. The van der Waals surface area contributed by atoms with Gasteiger partial charge in [0.15, 0.2) is 0 Å². The summed E-state index contributed by atoms with van der Waals surface area (Å²) in [5, 5.41) is 5.73. The number of fused-ring (bicyclic) bond motifs is 1. The number of aryl methyl sites for hydroxylation is 1. The van der Waals surface area contributed by atoms with Crippen molar-refractivity contribution in [3.63, 3.8) is 0 Å². The number of hydrogen-bond donors (Lipinski definition) is 2. The Balaban J connectivity index is 1.42. The Morgan fingerprint density at radius 1 is 1.07 bits per heavy atom. The van der Waals surface area contributed by atoms with Crippen LogP contribution < -0.4 is 15.5 Å². The number of nitrogens with one attached hydrogen (secondary N) is 2. The lowest BCUT2D eigenvalue weighted by Gasteiger charge is -2.30. The van der Waals surface area contributed by atoms with E-state index in [-0.39, 0.29) is 18.4 Å². The number of carbonyl (C=O) groups is 3. The topological polar surface area (TPSA) is 78.5 Å². The lowest BCUT2D eigenvalue weighted by molar-refractivity contribution is -0.136. The van der Waals surface area contributed by atoms with Gasteiger partial charge in [-0.05, 0) is 55.0 Å². The Morgan fingerprint density at radius 2 is 1.86 bits per heavy atom. The second-order valence-corrected chi connectivity index (χ2v) is 7.85. The van der Waals surface area contributed by atoms with E-state index in [1.807, 2.05) is 17.0 Å². The van der Waals surface area contributed by atoms with Gasteiger partial charge in [0.25, 0.3) is 0 Å². The SMILES string of the molecule is O=C(NCc1ccccc1Cl)C(=O)Nc1ccc2c(c1)N(C(=O)C1CC1)CCC2. The van der Waals surface area contributed by atoms with Crippen molar-refractivity contribution in [2.75, 3.05) is 16.8 Å². The third-order valence-corrected chi connectivity index (χ3v) is 5.63. The lowest BCUT2D eigenvalue weighted by Crippen LogP contribution is -2.37. The minimum absolute atomic E-state index is 0.134. The predicted molar refractivity (Wildman–Crippen MR) is 112 cm³/mol. The molecule has 0 aromatic heterocycles. The molecule has 0 unspecified atom stereocenters. The molecule has 0 spiro atoms. The fourth-order valence-corrected chi connectivity index (χ4v) is 3.72. The van der Waals surface area contributed by atoms with Crippen molar-refractivity contribution < 1.29 is 14.4 Å². The van der Waals surface area contributed by atoms with Crippen LogP contribution >= 0.6 is 11.6 Å². The molecular formula is C22H22ClN3O3. The Morgan fingerprint density at radius 3 is 2.62 bits per heavy atom. The predicted octanol–water partition coefficient (Wildman–Crippen LogP) is 3.28. The number of nitrogens with zero attached hydrogens (tertiary/aromatic N) is 1. The van der Waals surface area contributed by atoms with Crippen molar-refractivity contribution in [3.8, 4) is 0 Å². The molecule has 0 radical (unpaired) electrons. The average molecular weight is 412 g/mol. The van der Waals surface area contributed by atoms with Gasteiger partial charge in [-0.3, -0.25) is 14.4 Å². The zero-order valence-electron chi connectivity index (χ0n) is 15.9. The van der Waals surface area contributed by atoms with E-state index in [0.717, 1.165) is 42.5 Å². The molecule has 1 aliphatic carbocycles. The Labute approximate surface area is 174 Å². The summed E-state index contributed by atoms with van der Waals surface area (Å²) in [6.45, 7) is 0.859. The molecule has 0 atom stereocenters. The molecular weight excluding hydrogens is 390 g/mol. The zero-order chi connectivity index (χ0) is 20.4. The quantitative estimate of drug-likeness (QED) is 0.758. The van der Waals surface area contributed by atoms with Crippen molar-refractivity contribution in [2.24, 2.45) is 5.92 Å². The highest BCUT2D eigenvalue weighted by Gasteiger charge is 2.35. The van der Waals surface area contributed by atoms with Crippen molar-refractivity contribution in [1.29, 1.82) is 0 Å². The number of anilines is 2. The van der Waals surface area contributed by atoms with Gasteiger partial charge in [0.2, 0.25) is 5.91 Å². The summed E-state index contributed by atoms with van der Waals surface area (Å²) in [5.74, 6) is -1.21. The first-order chi connectivity index (χ1) is 14.0. The molecule has 2 aromatic carbocycles. The number of hydrogen-bond acceptors (Lipinski definition) is 3. The lowest BCUT2D eigenvalue weighted by atomic mass is 10.0. The summed E-state index contributed by atoms with van der Waals surface area (Å²) in [6.07, 6.45) is 3.73. The first kappa shape index (κ1) is 19.5. The summed E-state index contributed by atoms with van der Waals surface area (Å²) in [6, 6.07) is 12.6. The van der Waals surface area contributed by atoms with Crippen LogP contribution in [0.3, 0.4) is 0 Å². The number of benzene rings is 2. The van der Waals surface area contributed by atoms with Gasteiger partial charge in [-0.15, -0.1) is 0 Å². The van der Waals surface area contributed by atoms with E-state index in [2.05, 4.69) is 10.6 Å². The first-order valence-electron chi connectivity index (χ1n) is 9.80. The minimum atomic E-state index is -0.757. The summed E-state index contributed by atoms with van der Waals surface area (Å²) in [4.78, 5) is 38.8. The van der Waals surface area contributed by atoms with Crippen LogP contribution in [-0.4, -0.2) is 24.3 Å². The van der Waals surface area contributed by atoms with Crippen LogP contribution in [0.1, 0.15) is 30.4 Å². The van der Waals surface area contributed by atoms with E-state index in [0.29, 0.717) is 17.3 Å². The highest BCUT2D eigenvalue weighted by Crippen LogP contribution is 2.36. The number of amides is 3. The summed E-state index contributed by atoms with van der Waals surface area (Å²) in [5.41, 5.74) is 3.16. The minimum Gasteiger partial charge on any atom is -0.344 e. The van der Waals surface area contributed by atoms with Gasteiger partial charge in [-0.2, -0.15) is 0 Å². The monoisotopic (exact) mass is 411 g/mol. The molecule has 0 bridgehead atoms. The standard InChI is InChI=1S/C22H22ClN3O3/c23-18-6-2-1-4-16(18)13-24-20(27)21(28)25-17-10-9-14-5-3-11-26(19(14)12-17)22(29)15-7-8-15/h1-2,4,6,9-10,12,15H,3,5,7-8,11,13H2,(H,24,27)(H,25,28). The highest BCUT2D eigenvalue weighted by atomic mass is 35.5. The molecule has 2 aromatic rings. The van der Waals surface area contributed by atoms with Gasteiger partial charge >= 0.3 is 11.8 Å². The van der Waals surface area contributed by atoms with Gasteiger partial charge in [0, 0.05) is 35.4 Å². The Kier molecular flexibility index (Phi) is 5.53. The highest BCUT2D eigenvalue weighted by molar-refractivity contribution is 6.39. The third kappa shape index (κ3) is 4.43. The molecule has 1 heterocycles. The van der Waals surface area contributed by atoms with Crippen LogP contribution in [0.15, 0.2) is 42.5 Å². The van der Waals surface area contributed by atoms with Crippen LogP contribution in [0.25, 0.3) is 0 Å². The van der Waals surface area contributed by atoms with Crippen LogP contribution in [-0.2, 0) is 27.3 Å². The molecule has 1 fully saturated rings. The molecule has 6 nitrogen and oxygen atoms in total. The van der Waals surface area contributed by atoms with Gasteiger partial charge in [-0.25, -0.2) is 0 Å². The summed E-state index contributed by atoms with van der Waals surface area (Å²) < 4.78 is 0. The first-order valence-corrected chi connectivity index (χ1v) is 10.2. The molecule has 1 saturated carbocycles. The van der Waals surface area contributed by atoms with Gasteiger partial charge in [0.1, 0.15) is 0 Å². The van der Waals surface area contributed by atoms with Crippen molar-refractivity contribution in [3.05, 3.63) is 58.6 Å². The van der Waals surface area contributed by atoms with Gasteiger partial charge in [-0.1, -0.05) is 35.9 Å². The summed E-state index contributed by atoms with van der Waals surface area (Å²) in [7, 11) is 0. The van der Waals surface area contributed by atoms with Crippen LogP contribution in [0, 0.1) is 5.92 Å². The molecule has 0 saturated heterocycles. The van der Waals surface area contributed by atoms with E-state index in [1.54, 1.807) is 30.3 Å². The second kappa shape index (κ2) is 8.25. The van der Waals surface area contributed by atoms with E-state index in [1.165, 1.54) is 0 Å². The van der Waals surface area contributed by atoms with Crippen LogP contribution in [0.4, 0.5) is 11.4 Å². The smallest absolute Gasteiger partial charge is 0.313 e. The normalized spacial score (nSPS) is 15.4. The molecule has 3 amide bonds. The molecule has 2 aliphatic rings. The van der Waals surface area contributed by atoms with E-state index in [9.17, 15) is 14.4 Å². The van der Waals surface area contributed by atoms with E-state index >= 15 is 0 Å². The maximum Gasteiger partial charge on any atom is 0.313 e. The van der Waals surface area contributed by atoms with Crippen LogP contribution in [0.5, 0.6) is 0 Å². The maximum absolute atomic E-state index is 12.6. The number of halogens is 1. The molecule has 1 aliphatic heterocycles. The fourth-order valence-electron chi connectivity index (χ4n) is 3.52. The van der Waals surface area contributed by atoms with Crippen molar-refractivity contribution >= 4 is 40.7 Å². The van der Waals surface area contributed by atoms with E-state index in [4.69, 9.17) is 11.6 Å². The third-order valence-electron chi connectivity index (χ3n) is 5.26. The molecule has 4 rings (SSSR count).